The second kappa shape index (κ2) is 4.80. The van der Waals surface area contributed by atoms with Crippen molar-refractivity contribution in [1.29, 1.82) is 0 Å². The monoisotopic (exact) mass is 263 g/mol. The summed E-state index contributed by atoms with van der Waals surface area (Å²) in [7, 11) is -3.79. The van der Waals surface area contributed by atoms with Gasteiger partial charge in [-0.2, -0.15) is 0 Å². The Labute approximate surface area is 106 Å². The number of rotatable bonds is 3. The Morgan fingerprint density at radius 2 is 1.61 bits per heavy atom. The number of sulfonamides is 1. The molecular formula is C13H13NO3S. The summed E-state index contributed by atoms with van der Waals surface area (Å²) < 4.78 is 28.3. The van der Waals surface area contributed by atoms with E-state index in [1.165, 1.54) is 6.07 Å². The minimum atomic E-state index is -3.79. The van der Waals surface area contributed by atoms with Gasteiger partial charge in [-0.05, 0) is 31.2 Å². The molecule has 2 N–H and O–H groups in total. The van der Waals surface area contributed by atoms with Crippen LogP contribution in [0.1, 0.15) is 5.56 Å². The molecule has 94 valence electrons. The molecule has 0 radical (unpaired) electrons. The number of hydrogen-bond donors (Lipinski definition) is 1. The van der Waals surface area contributed by atoms with Crippen LogP contribution in [-0.4, -0.2) is 8.42 Å². The third-order valence-corrected chi connectivity index (χ3v) is 3.35. The van der Waals surface area contributed by atoms with E-state index in [1.807, 2.05) is 19.1 Å². The van der Waals surface area contributed by atoms with E-state index >= 15 is 0 Å². The summed E-state index contributed by atoms with van der Waals surface area (Å²) in [4.78, 5) is -0.0226. The van der Waals surface area contributed by atoms with Gasteiger partial charge in [0.05, 0.1) is 0 Å². The highest BCUT2D eigenvalue weighted by molar-refractivity contribution is 7.89. The summed E-state index contributed by atoms with van der Waals surface area (Å²) >= 11 is 0. The maximum Gasteiger partial charge on any atom is 0.241 e. The van der Waals surface area contributed by atoms with Crippen molar-refractivity contribution in [3.63, 3.8) is 0 Å². The van der Waals surface area contributed by atoms with Gasteiger partial charge in [-0.25, -0.2) is 13.6 Å². The molecule has 0 heterocycles. The van der Waals surface area contributed by atoms with E-state index in [0.717, 1.165) is 5.56 Å². The SMILES string of the molecule is Cc1ccc(Oc2ccccc2S(N)(=O)=O)cc1. The zero-order valence-electron chi connectivity index (χ0n) is 9.83. The summed E-state index contributed by atoms with van der Waals surface area (Å²) in [5.41, 5.74) is 1.10. The second-order valence-electron chi connectivity index (χ2n) is 3.91. The van der Waals surface area contributed by atoms with E-state index in [-0.39, 0.29) is 10.6 Å². The van der Waals surface area contributed by atoms with Gasteiger partial charge in [-0.1, -0.05) is 29.8 Å². The fraction of sp³-hybridized carbons (Fsp3) is 0.0769. The molecule has 0 unspecified atom stereocenters. The van der Waals surface area contributed by atoms with Crippen molar-refractivity contribution < 1.29 is 13.2 Å². The van der Waals surface area contributed by atoms with Crippen molar-refractivity contribution in [2.45, 2.75) is 11.8 Å². The van der Waals surface area contributed by atoms with Crippen molar-refractivity contribution >= 4 is 10.0 Å². The first kappa shape index (κ1) is 12.6. The molecule has 2 aromatic rings. The molecule has 5 heteroatoms. The minimum absolute atomic E-state index is 0.0226. The predicted octanol–water partition coefficient (Wildman–Crippen LogP) is 2.43. The summed E-state index contributed by atoms with van der Waals surface area (Å²) in [6, 6.07) is 13.6. The third-order valence-electron chi connectivity index (χ3n) is 2.40. The Bertz CT molecular complexity index is 648. The first-order valence-corrected chi connectivity index (χ1v) is 6.88. The van der Waals surface area contributed by atoms with Crippen LogP contribution >= 0.6 is 0 Å². The van der Waals surface area contributed by atoms with E-state index in [9.17, 15) is 8.42 Å². The molecule has 2 aromatic carbocycles. The van der Waals surface area contributed by atoms with Crippen LogP contribution in [0.4, 0.5) is 0 Å². The van der Waals surface area contributed by atoms with Gasteiger partial charge in [0.15, 0.2) is 0 Å². The van der Waals surface area contributed by atoms with E-state index < -0.39 is 10.0 Å². The number of primary sulfonamides is 1. The maximum absolute atomic E-state index is 11.4. The summed E-state index contributed by atoms with van der Waals surface area (Å²) in [5.74, 6) is 0.792. The molecule has 0 aliphatic heterocycles. The molecule has 0 spiro atoms. The van der Waals surface area contributed by atoms with Crippen LogP contribution in [0.3, 0.4) is 0 Å². The molecule has 0 aromatic heterocycles. The molecule has 2 rings (SSSR count). The van der Waals surface area contributed by atoms with Crippen LogP contribution in [0.5, 0.6) is 11.5 Å². The molecule has 0 aliphatic carbocycles. The molecule has 0 fully saturated rings. The van der Waals surface area contributed by atoms with Crippen molar-refractivity contribution in [2.24, 2.45) is 5.14 Å². The topological polar surface area (TPSA) is 69.4 Å². The number of ether oxygens (including phenoxy) is 1. The predicted molar refractivity (Wildman–Crippen MR) is 69.1 cm³/mol. The molecule has 0 amide bonds. The zero-order chi connectivity index (χ0) is 13.2. The normalized spacial score (nSPS) is 11.2. The Hall–Kier alpha value is -1.85. The number of benzene rings is 2. The lowest BCUT2D eigenvalue weighted by Crippen LogP contribution is -2.13. The maximum atomic E-state index is 11.4. The first-order chi connectivity index (χ1) is 8.47. The zero-order valence-corrected chi connectivity index (χ0v) is 10.6. The minimum Gasteiger partial charge on any atom is -0.456 e. The summed E-state index contributed by atoms with van der Waals surface area (Å²) in [6.45, 7) is 1.96. The van der Waals surface area contributed by atoms with Crippen LogP contribution < -0.4 is 9.88 Å². The third kappa shape index (κ3) is 2.88. The largest absolute Gasteiger partial charge is 0.456 e. The summed E-state index contributed by atoms with van der Waals surface area (Å²) in [6.07, 6.45) is 0. The lowest BCUT2D eigenvalue weighted by molar-refractivity contribution is 0.467. The van der Waals surface area contributed by atoms with E-state index in [4.69, 9.17) is 9.88 Å². The molecular weight excluding hydrogens is 250 g/mol. The smallest absolute Gasteiger partial charge is 0.241 e. The number of hydrogen-bond acceptors (Lipinski definition) is 3. The fourth-order valence-corrected chi connectivity index (χ4v) is 2.16. The van der Waals surface area contributed by atoms with Gasteiger partial charge in [-0.3, -0.25) is 0 Å². The lowest BCUT2D eigenvalue weighted by atomic mass is 10.2. The summed E-state index contributed by atoms with van der Waals surface area (Å²) in [5, 5.41) is 5.13. The van der Waals surface area contributed by atoms with E-state index in [0.29, 0.717) is 5.75 Å². The van der Waals surface area contributed by atoms with Gasteiger partial charge >= 0.3 is 0 Å². The van der Waals surface area contributed by atoms with Gasteiger partial charge in [0.1, 0.15) is 16.4 Å². The number of aryl methyl sites for hydroxylation is 1. The van der Waals surface area contributed by atoms with Crippen LogP contribution in [0.2, 0.25) is 0 Å². The molecule has 4 nitrogen and oxygen atoms in total. The molecule has 18 heavy (non-hydrogen) atoms. The Kier molecular flexibility index (Phi) is 3.36. The van der Waals surface area contributed by atoms with Gasteiger partial charge < -0.3 is 4.74 Å². The number of nitrogens with two attached hydrogens (primary N) is 1. The first-order valence-electron chi connectivity index (χ1n) is 5.33. The highest BCUT2D eigenvalue weighted by Crippen LogP contribution is 2.27. The highest BCUT2D eigenvalue weighted by Gasteiger charge is 2.14. The van der Waals surface area contributed by atoms with Crippen LogP contribution in [0, 0.1) is 6.92 Å². The standard InChI is InChI=1S/C13H13NO3S/c1-10-6-8-11(9-7-10)17-12-4-2-3-5-13(12)18(14,15)16/h2-9H,1H3,(H2,14,15,16). The second-order valence-corrected chi connectivity index (χ2v) is 5.44. The van der Waals surface area contributed by atoms with Crippen LogP contribution in [0.25, 0.3) is 0 Å². The molecule has 0 atom stereocenters. The van der Waals surface area contributed by atoms with Gasteiger partial charge in [-0.15, -0.1) is 0 Å². The highest BCUT2D eigenvalue weighted by atomic mass is 32.2. The Balaban J connectivity index is 2.38. The van der Waals surface area contributed by atoms with Crippen molar-refractivity contribution in [1.82, 2.24) is 0 Å². The van der Waals surface area contributed by atoms with E-state index in [2.05, 4.69) is 0 Å². The number of para-hydroxylation sites is 1. The quantitative estimate of drug-likeness (QED) is 0.924. The van der Waals surface area contributed by atoms with Gasteiger partial charge in [0, 0.05) is 0 Å². The van der Waals surface area contributed by atoms with Crippen LogP contribution in [-0.2, 0) is 10.0 Å². The van der Waals surface area contributed by atoms with Crippen molar-refractivity contribution in [2.75, 3.05) is 0 Å². The van der Waals surface area contributed by atoms with Gasteiger partial charge in [0.25, 0.3) is 0 Å². The lowest BCUT2D eigenvalue weighted by Gasteiger charge is -2.09. The Morgan fingerprint density at radius 3 is 2.22 bits per heavy atom. The average molecular weight is 263 g/mol. The van der Waals surface area contributed by atoms with Crippen molar-refractivity contribution in [3.05, 3.63) is 54.1 Å². The van der Waals surface area contributed by atoms with Crippen LogP contribution in [0.15, 0.2) is 53.4 Å². The van der Waals surface area contributed by atoms with Crippen molar-refractivity contribution in [3.8, 4) is 11.5 Å². The Morgan fingerprint density at radius 1 is 1.00 bits per heavy atom. The molecule has 0 saturated heterocycles. The van der Waals surface area contributed by atoms with E-state index in [1.54, 1.807) is 30.3 Å². The fourth-order valence-electron chi connectivity index (χ4n) is 1.50. The average Bonchev–Trinajstić information content (AvgIpc) is 2.31. The molecule has 0 aliphatic rings. The molecule has 0 bridgehead atoms. The van der Waals surface area contributed by atoms with Gasteiger partial charge in [0.2, 0.25) is 10.0 Å². The molecule has 0 saturated carbocycles.